The topological polar surface area (TPSA) is 58.6 Å². The summed E-state index contributed by atoms with van der Waals surface area (Å²) in [6.45, 7) is 3.76. The van der Waals surface area contributed by atoms with Crippen LogP contribution in [0.1, 0.15) is 19.4 Å². The Labute approximate surface area is 161 Å². The first kappa shape index (κ1) is 18.7. The van der Waals surface area contributed by atoms with Crippen molar-refractivity contribution in [2.45, 2.75) is 20.0 Å². The van der Waals surface area contributed by atoms with Gasteiger partial charge < -0.3 is 4.74 Å². The highest BCUT2D eigenvalue weighted by Crippen LogP contribution is 2.26. The fourth-order valence-corrected chi connectivity index (χ4v) is 2.90. The predicted octanol–water partition coefficient (Wildman–Crippen LogP) is 3.44. The van der Waals surface area contributed by atoms with Crippen LogP contribution in [-0.4, -0.2) is 23.0 Å². The standard InChI is InChI=1S/C20H17FN2O3S/c1-12(2)26-17-9-4-3-6-13(17)10-16-18(24)22-20(27)23(19(16)25)15-8-5-7-14(21)11-15/h3-12H,1-2H3,(H,22,24,27)/b16-10-. The van der Waals surface area contributed by atoms with Crippen LogP contribution < -0.4 is 15.0 Å². The van der Waals surface area contributed by atoms with E-state index < -0.39 is 17.6 Å². The van der Waals surface area contributed by atoms with Gasteiger partial charge >= 0.3 is 0 Å². The lowest BCUT2D eigenvalue weighted by Crippen LogP contribution is -2.54. The molecule has 5 nitrogen and oxygen atoms in total. The van der Waals surface area contributed by atoms with Gasteiger partial charge in [-0.05, 0) is 56.4 Å². The number of hydrogen-bond acceptors (Lipinski definition) is 4. The predicted molar refractivity (Wildman–Crippen MR) is 105 cm³/mol. The van der Waals surface area contributed by atoms with E-state index >= 15 is 0 Å². The largest absolute Gasteiger partial charge is 0.490 e. The number of nitrogens with zero attached hydrogens (tertiary/aromatic N) is 1. The summed E-state index contributed by atoms with van der Waals surface area (Å²) < 4.78 is 19.3. The molecule has 1 aliphatic rings. The van der Waals surface area contributed by atoms with Crippen LogP contribution >= 0.6 is 12.2 Å². The Kier molecular flexibility index (Phi) is 5.32. The number of rotatable bonds is 4. The molecule has 0 radical (unpaired) electrons. The molecule has 1 fully saturated rings. The average molecular weight is 384 g/mol. The number of carbonyl (C=O) groups excluding carboxylic acids is 2. The van der Waals surface area contributed by atoms with Gasteiger partial charge in [0.1, 0.15) is 17.1 Å². The molecule has 0 aliphatic carbocycles. The minimum atomic E-state index is -0.631. The zero-order valence-corrected chi connectivity index (χ0v) is 15.5. The number of carbonyl (C=O) groups is 2. The van der Waals surface area contributed by atoms with Gasteiger partial charge in [-0.3, -0.25) is 19.8 Å². The van der Waals surface area contributed by atoms with Crippen LogP contribution in [0.5, 0.6) is 5.75 Å². The van der Waals surface area contributed by atoms with E-state index in [0.29, 0.717) is 11.3 Å². The summed E-state index contributed by atoms with van der Waals surface area (Å²) in [5, 5.41) is 2.38. The van der Waals surface area contributed by atoms with Gasteiger partial charge in [-0.15, -0.1) is 0 Å². The van der Waals surface area contributed by atoms with Crippen LogP contribution in [0.15, 0.2) is 54.1 Å². The second-order valence-electron chi connectivity index (χ2n) is 6.14. The minimum Gasteiger partial charge on any atom is -0.490 e. The van der Waals surface area contributed by atoms with Crippen molar-refractivity contribution in [1.29, 1.82) is 0 Å². The van der Waals surface area contributed by atoms with Crippen molar-refractivity contribution in [1.82, 2.24) is 5.32 Å². The monoisotopic (exact) mass is 384 g/mol. The van der Waals surface area contributed by atoms with Crippen LogP contribution in [0.25, 0.3) is 6.08 Å². The minimum absolute atomic E-state index is 0.0724. The van der Waals surface area contributed by atoms with E-state index in [2.05, 4.69) is 5.32 Å². The van der Waals surface area contributed by atoms with Crippen molar-refractivity contribution in [2.75, 3.05) is 4.90 Å². The summed E-state index contributed by atoms with van der Waals surface area (Å²) in [7, 11) is 0. The number of hydrogen-bond donors (Lipinski definition) is 1. The average Bonchev–Trinajstić information content (AvgIpc) is 2.59. The van der Waals surface area contributed by atoms with E-state index in [9.17, 15) is 14.0 Å². The Hall–Kier alpha value is -3.06. The molecule has 0 saturated carbocycles. The molecule has 1 N–H and O–H groups in total. The van der Waals surface area contributed by atoms with E-state index in [0.717, 1.165) is 4.90 Å². The second-order valence-corrected chi connectivity index (χ2v) is 6.53. The summed E-state index contributed by atoms with van der Waals surface area (Å²) in [4.78, 5) is 26.4. The van der Waals surface area contributed by atoms with Crippen molar-refractivity contribution in [2.24, 2.45) is 0 Å². The fourth-order valence-electron chi connectivity index (χ4n) is 2.62. The van der Waals surface area contributed by atoms with E-state index in [1.807, 2.05) is 13.8 Å². The van der Waals surface area contributed by atoms with Gasteiger partial charge in [-0.25, -0.2) is 4.39 Å². The number of amides is 2. The lowest BCUT2D eigenvalue weighted by Gasteiger charge is -2.29. The zero-order chi connectivity index (χ0) is 19.6. The molecule has 0 spiro atoms. The van der Waals surface area contributed by atoms with E-state index in [-0.39, 0.29) is 22.5 Å². The summed E-state index contributed by atoms with van der Waals surface area (Å²) >= 11 is 5.11. The maximum atomic E-state index is 13.6. The van der Waals surface area contributed by atoms with Crippen molar-refractivity contribution in [3.63, 3.8) is 0 Å². The molecular weight excluding hydrogens is 367 g/mol. The molecule has 138 valence electrons. The van der Waals surface area contributed by atoms with Crippen LogP contribution in [-0.2, 0) is 9.59 Å². The fraction of sp³-hybridized carbons (Fsp3) is 0.150. The number of thiocarbonyl (C=S) groups is 1. The number of ether oxygens (including phenoxy) is 1. The molecule has 2 amide bonds. The maximum absolute atomic E-state index is 13.6. The van der Waals surface area contributed by atoms with Crippen molar-refractivity contribution in [3.05, 3.63) is 65.5 Å². The number of nitrogens with one attached hydrogen (secondary N) is 1. The van der Waals surface area contributed by atoms with Crippen molar-refractivity contribution in [3.8, 4) is 5.75 Å². The molecule has 2 aromatic carbocycles. The van der Waals surface area contributed by atoms with E-state index in [1.54, 1.807) is 24.3 Å². The first-order valence-electron chi connectivity index (χ1n) is 8.29. The van der Waals surface area contributed by atoms with Gasteiger partial charge in [-0.1, -0.05) is 24.3 Å². The Morgan fingerprint density at radius 2 is 1.89 bits per heavy atom. The molecule has 7 heteroatoms. The highest BCUT2D eigenvalue weighted by Gasteiger charge is 2.34. The van der Waals surface area contributed by atoms with Gasteiger partial charge in [-0.2, -0.15) is 0 Å². The first-order chi connectivity index (χ1) is 12.9. The van der Waals surface area contributed by atoms with Crippen LogP contribution in [0.2, 0.25) is 0 Å². The lowest BCUT2D eigenvalue weighted by atomic mass is 10.1. The molecular formula is C20H17FN2O3S. The van der Waals surface area contributed by atoms with Gasteiger partial charge in [0.15, 0.2) is 5.11 Å². The normalized spacial score (nSPS) is 16.1. The SMILES string of the molecule is CC(C)Oc1ccccc1/C=C1/C(=O)NC(=S)N(c2cccc(F)c2)C1=O. The molecule has 0 unspecified atom stereocenters. The highest BCUT2D eigenvalue weighted by molar-refractivity contribution is 7.80. The van der Waals surface area contributed by atoms with Gasteiger partial charge in [0, 0.05) is 5.56 Å². The number of halogens is 1. The number of anilines is 1. The smallest absolute Gasteiger partial charge is 0.270 e. The molecule has 2 aromatic rings. The third-order valence-corrected chi connectivity index (χ3v) is 4.03. The van der Waals surface area contributed by atoms with Gasteiger partial charge in [0.2, 0.25) is 0 Å². The first-order valence-corrected chi connectivity index (χ1v) is 8.70. The Balaban J connectivity index is 2.03. The summed E-state index contributed by atoms with van der Waals surface area (Å²) in [6.07, 6.45) is 1.38. The molecule has 0 atom stereocenters. The maximum Gasteiger partial charge on any atom is 0.270 e. The summed E-state index contributed by atoms with van der Waals surface area (Å²) in [5.74, 6) is -1.21. The molecule has 1 saturated heterocycles. The Morgan fingerprint density at radius 1 is 1.15 bits per heavy atom. The highest BCUT2D eigenvalue weighted by atomic mass is 32.1. The van der Waals surface area contributed by atoms with Crippen molar-refractivity contribution >= 4 is 40.9 Å². The summed E-state index contributed by atoms with van der Waals surface area (Å²) in [6, 6.07) is 12.5. The van der Waals surface area contributed by atoms with Gasteiger partial charge in [0.05, 0.1) is 11.8 Å². The lowest BCUT2D eigenvalue weighted by molar-refractivity contribution is -0.122. The Bertz CT molecular complexity index is 956. The zero-order valence-electron chi connectivity index (χ0n) is 14.7. The van der Waals surface area contributed by atoms with E-state index in [1.165, 1.54) is 30.3 Å². The second kappa shape index (κ2) is 7.67. The van der Waals surface area contributed by atoms with E-state index in [4.69, 9.17) is 17.0 Å². The van der Waals surface area contributed by atoms with Crippen LogP contribution in [0.3, 0.4) is 0 Å². The van der Waals surface area contributed by atoms with Crippen molar-refractivity contribution < 1.29 is 18.7 Å². The third-order valence-electron chi connectivity index (χ3n) is 3.75. The third kappa shape index (κ3) is 4.03. The number of benzene rings is 2. The van der Waals surface area contributed by atoms with Crippen LogP contribution in [0, 0.1) is 5.82 Å². The molecule has 1 aliphatic heterocycles. The molecule has 3 rings (SSSR count). The van der Waals surface area contributed by atoms with Gasteiger partial charge in [0.25, 0.3) is 11.8 Å². The quantitative estimate of drug-likeness (QED) is 0.498. The summed E-state index contributed by atoms with van der Waals surface area (Å²) in [5.41, 5.74) is 0.701. The molecule has 1 heterocycles. The molecule has 0 bridgehead atoms. The molecule has 0 aromatic heterocycles. The molecule has 27 heavy (non-hydrogen) atoms. The number of para-hydroxylation sites is 1. The Morgan fingerprint density at radius 3 is 2.59 bits per heavy atom. The van der Waals surface area contributed by atoms with Crippen LogP contribution in [0.4, 0.5) is 10.1 Å².